The molecule has 1 aromatic heterocycles. The summed E-state index contributed by atoms with van der Waals surface area (Å²) in [4.78, 5) is 31.1. The van der Waals surface area contributed by atoms with E-state index in [1.54, 1.807) is 29.2 Å². The van der Waals surface area contributed by atoms with Gasteiger partial charge in [0.15, 0.2) is 0 Å². The molecule has 7 heteroatoms. The van der Waals surface area contributed by atoms with Crippen LogP contribution in [0.3, 0.4) is 0 Å². The molecule has 0 spiro atoms. The van der Waals surface area contributed by atoms with Crippen molar-refractivity contribution in [3.63, 3.8) is 0 Å². The number of carbonyl (C=O) groups is 2. The highest BCUT2D eigenvalue weighted by atomic mass is 16.5. The predicted molar refractivity (Wildman–Crippen MR) is 103 cm³/mol. The number of rotatable bonds is 7. The number of anilines is 1. The molecule has 1 aliphatic heterocycles. The van der Waals surface area contributed by atoms with Crippen LogP contribution in [0.1, 0.15) is 15.9 Å². The van der Waals surface area contributed by atoms with Crippen LogP contribution in [0.5, 0.6) is 5.75 Å². The number of benzene rings is 1. The number of nitrogens with zero attached hydrogens (tertiary/aromatic N) is 3. The molecule has 0 bridgehead atoms. The number of aromatic nitrogens is 1. The molecule has 0 unspecified atom stereocenters. The zero-order chi connectivity index (χ0) is 19.1. The van der Waals surface area contributed by atoms with Crippen LogP contribution in [0, 0.1) is 0 Å². The first-order valence-corrected chi connectivity index (χ1v) is 9.01. The molecule has 0 radical (unpaired) electrons. The fourth-order valence-electron chi connectivity index (χ4n) is 3.07. The Balaban J connectivity index is 1.51. The van der Waals surface area contributed by atoms with E-state index in [2.05, 4.69) is 10.3 Å². The Morgan fingerprint density at radius 1 is 1.19 bits per heavy atom. The maximum Gasteiger partial charge on any atom is 0.255 e. The molecule has 2 heterocycles. The first-order valence-electron chi connectivity index (χ1n) is 9.01. The lowest BCUT2D eigenvalue weighted by atomic mass is 10.1. The number of para-hydroxylation sites is 1. The number of hydrogen-bond donors (Lipinski definition) is 1. The second-order valence-corrected chi connectivity index (χ2v) is 6.35. The molecule has 1 saturated heterocycles. The summed E-state index contributed by atoms with van der Waals surface area (Å²) in [5, 5.41) is 3.27. The number of hydrogen-bond acceptors (Lipinski definition) is 5. The number of nitrogens with one attached hydrogen (secondary N) is 1. The van der Waals surface area contributed by atoms with Gasteiger partial charge in [-0.2, -0.15) is 0 Å². The fourth-order valence-corrected chi connectivity index (χ4v) is 3.07. The molecule has 3 rings (SSSR count). The predicted octanol–water partition coefficient (Wildman–Crippen LogP) is 1.66. The second-order valence-electron chi connectivity index (χ2n) is 6.35. The molecular formula is C20H24N4O3. The van der Waals surface area contributed by atoms with Gasteiger partial charge in [0, 0.05) is 38.9 Å². The highest BCUT2D eigenvalue weighted by Gasteiger charge is 2.21. The van der Waals surface area contributed by atoms with E-state index in [1.807, 2.05) is 30.3 Å². The third-order valence-electron chi connectivity index (χ3n) is 4.65. The largest absolute Gasteiger partial charge is 0.496 e. The van der Waals surface area contributed by atoms with Crippen molar-refractivity contribution in [2.75, 3.05) is 45.2 Å². The fraction of sp³-hybridized carbons (Fsp3) is 0.350. The van der Waals surface area contributed by atoms with Gasteiger partial charge in [-0.05, 0) is 30.2 Å². The standard InChI is InChI=1S/C20H24N4O3/c1-27-18-5-3-2-4-16(18)8-9-21-19-7-6-17(14-22-19)20(26)24-12-10-23(15-25)11-13-24/h2-7,14-15H,8-13H2,1H3,(H,21,22). The van der Waals surface area contributed by atoms with Crippen molar-refractivity contribution in [3.05, 3.63) is 53.7 Å². The maximum absolute atomic E-state index is 12.5. The van der Waals surface area contributed by atoms with Crippen molar-refractivity contribution in [2.45, 2.75) is 6.42 Å². The number of methoxy groups -OCH3 is 1. The molecule has 27 heavy (non-hydrogen) atoms. The Morgan fingerprint density at radius 3 is 2.63 bits per heavy atom. The Morgan fingerprint density at radius 2 is 1.96 bits per heavy atom. The van der Waals surface area contributed by atoms with E-state index >= 15 is 0 Å². The van der Waals surface area contributed by atoms with Gasteiger partial charge in [-0.15, -0.1) is 0 Å². The summed E-state index contributed by atoms with van der Waals surface area (Å²) in [6, 6.07) is 11.5. The Bertz CT molecular complexity index is 771. The van der Waals surface area contributed by atoms with Crippen LogP contribution in [0.15, 0.2) is 42.6 Å². The average molecular weight is 368 g/mol. The van der Waals surface area contributed by atoms with E-state index in [4.69, 9.17) is 4.74 Å². The van der Waals surface area contributed by atoms with Gasteiger partial charge in [-0.3, -0.25) is 9.59 Å². The van der Waals surface area contributed by atoms with Gasteiger partial charge in [-0.1, -0.05) is 18.2 Å². The molecule has 1 aliphatic rings. The smallest absolute Gasteiger partial charge is 0.255 e. The highest BCUT2D eigenvalue weighted by molar-refractivity contribution is 5.94. The van der Waals surface area contributed by atoms with Gasteiger partial charge in [-0.25, -0.2) is 4.98 Å². The summed E-state index contributed by atoms with van der Waals surface area (Å²) in [5.74, 6) is 1.56. The van der Waals surface area contributed by atoms with Crippen LogP contribution < -0.4 is 10.1 Å². The van der Waals surface area contributed by atoms with Gasteiger partial charge in [0.25, 0.3) is 5.91 Å². The van der Waals surface area contributed by atoms with Crippen LogP contribution in [-0.4, -0.2) is 66.9 Å². The monoisotopic (exact) mass is 368 g/mol. The lowest BCUT2D eigenvalue weighted by molar-refractivity contribution is -0.119. The summed E-state index contributed by atoms with van der Waals surface area (Å²) < 4.78 is 5.35. The van der Waals surface area contributed by atoms with Crippen LogP contribution >= 0.6 is 0 Å². The van der Waals surface area contributed by atoms with Crippen LogP contribution in [0.25, 0.3) is 0 Å². The van der Waals surface area contributed by atoms with Gasteiger partial charge in [0.2, 0.25) is 6.41 Å². The number of amides is 2. The second kappa shape index (κ2) is 9.02. The number of ether oxygens (including phenoxy) is 1. The zero-order valence-corrected chi connectivity index (χ0v) is 15.4. The first-order chi connectivity index (χ1) is 13.2. The van der Waals surface area contributed by atoms with E-state index in [-0.39, 0.29) is 5.91 Å². The molecule has 0 saturated carbocycles. The minimum Gasteiger partial charge on any atom is -0.496 e. The number of carbonyl (C=O) groups excluding carboxylic acids is 2. The molecule has 2 aromatic rings. The first kappa shape index (κ1) is 18.7. The van der Waals surface area contributed by atoms with Crippen molar-refractivity contribution >= 4 is 18.1 Å². The summed E-state index contributed by atoms with van der Waals surface area (Å²) in [7, 11) is 1.67. The molecule has 1 N–H and O–H groups in total. The SMILES string of the molecule is COc1ccccc1CCNc1ccc(C(=O)N2CCN(C=O)CC2)cn1. The van der Waals surface area contributed by atoms with Crippen molar-refractivity contribution < 1.29 is 14.3 Å². The topological polar surface area (TPSA) is 74.8 Å². The van der Waals surface area contributed by atoms with Crippen LogP contribution in [-0.2, 0) is 11.2 Å². The number of piperazine rings is 1. The normalized spacial score (nSPS) is 14.0. The van der Waals surface area contributed by atoms with E-state index in [1.165, 1.54) is 0 Å². The van der Waals surface area contributed by atoms with E-state index in [9.17, 15) is 9.59 Å². The van der Waals surface area contributed by atoms with Crippen molar-refractivity contribution in [2.24, 2.45) is 0 Å². The zero-order valence-electron chi connectivity index (χ0n) is 15.4. The van der Waals surface area contributed by atoms with Crippen molar-refractivity contribution in [1.82, 2.24) is 14.8 Å². The molecule has 1 fully saturated rings. The molecule has 2 amide bonds. The van der Waals surface area contributed by atoms with Gasteiger partial charge >= 0.3 is 0 Å². The minimum absolute atomic E-state index is 0.0476. The Labute approximate surface area is 158 Å². The van der Waals surface area contributed by atoms with E-state index in [0.29, 0.717) is 38.3 Å². The summed E-state index contributed by atoms with van der Waals surface area (Å²) in [5.41, 5.74) is 1.69. The van der Waals surface area contributed by atoms with Crippen LogP contribution in [0.2, 0.25) is 0 Å². The quantitative estimate of drug-likeness (QED) is 0.753. The molecule has 7 nitrogen and oxygen atoms in total. The minimum atomic E-state index is -0.0476. The van der Waals surface area contributed by atoms with E-state index < -0.39 is 0 Å². The maximum atomic E-state index is 12.5. The molecule has 0 atom stereocenters. The van der Waals surface area contributed by atoms with Gasteiger partial charge < -0.3 is 19.9 Å². The van der Waals surface area contributed by atoms with Crippen LogP contribution in [0.4, 0.5) is 5.82 Å². The Hall–Kier alpha value is -3.09. The van der Waals surface area contributed by atoms with Gasteiger partial charge in [0.05, 0.1) is 12.7 Å². The lowest BCUT2D eigenvalue weighted by Crippen LogP contribution is -2.48. The lowest BCUT2D eigenvalue weighted by Gasteiger charge is -2.32. The number of pyridine rings is 1. The Kier molecular flexibility index (Phi) is 6.25. The highest BCUT2D eigenvalue weighted by Crippen LogP contribution is 2.18. The molecule has 142 valence electrons. The van der Waals surface area contributed by atoms with Crippen molar-refractivity contribution in [3.8, 4) is 5.75 Å². The summed E-state index contributed by atoms with van der Waals surface area (Å²) in [6.45, 7) is 2.97. The van der Waals surface area contributed by atoms with Gasteiger partial charge in [0.1, 0.15) is 11.6 Å². The molecule has 1 aromatic carbocycles. The molecular weight excluding hydrogens is 344 g/mol. The third kappa shape index (κ3) is 4.75. The molecule has 0 aliphatic carbocycles. The third-order valence-corrected chi connectivity index (χ3v) is 4.65. The average Bonchev–Trinajstić information content (AvgIpc) is 2.74. The van der Waals surface area contributed by atoms with E-state index in [0.717, 1.165) is 30.0 Å². The summed E-state index contributed by atoms with van der Waals surface area (Å²) in [6.07, 6.45) is 3.24. The van der Waals surface area contributed by atoms with Crippen molar-refractivity contribution in [1.29, 1.82) is 0 Å². The summed E-state index contributed by atoms with van der Waals surface area (Å²) >= 11 is 0.